The van der Waals surface area contributed by atoms with Crippen LogP contribution in [0, 0.1) is 0 Å². The number of hydrogen-bond donors (Lipinski definition) is 1. The predicted octanol–water partition coefficient (Wildman–Crippen LogP) is 5.43. The van der Waals surface area contributed by atoms with Crippen LogP contribution in [-0.2, 0) is 0 Å². The van der Waals surface area contributed by atoms with Gasteiger partial charge in [-0.2, -0.15) is 0 Å². The number of carbonyl (C=O) groups excluding carboxylic acids is 1. The van der Waals surface area contributed by atoms with Gasteiger partial charge in [-0.1, -0.05) is 48.5 Å². The fraction of sp³-hybridized carbons (Fsp3) is 0.160. The second-order valence-electron chi connectivity index (χ2n) is 6.92. The minimum Gasteiger partial charge on any atom is -0.497 e. The largest absolute Gasteiger partial charge is 0.497 e. The van der Waals surface area contributed by atoms with Gasteiger partial charge in [-0.05, 0) is 42.8 Å². The number of fused-ring (bicyclic) bond motifs is 1. The number of methoxy groups -OCH3 is 1. The molecule has 0 radical (unpaired) electrons. The highest BCUT2D eigenvalue weighted by atomic mass is 16.5. The van der Waals surface area contributed by atoms with Crippen LogP contribution in [0.25, 0.3) is 10.9 Å². The lowest BCUT2D eigenvalue weighted by atomic mass is 9.95. The molecule has 1 N–H and O–H groups in total. The number of H-pyrrole nitrogens is 1. The lowest BCUT2D eigenvalue weighted by molar-refractivity contribution is 0.0718. The van der Waals surface area contributed by atoms with Crippen LogP contribution in [0.5, 0.6) is 5.75 Å². The number of amides is 1. The molecule has 1 unspecified atom stereocenters. The van der Waals surface area contributed by atoms with Gasteiger partial charge in [0, 0.05) is 34.8 Å². The Bertz CT molecular complexity index is 1100. The van der Waals surface area contributed by atoms with Crippen molar-refractivity contribution in [1.82, 2.24) is 9.88 Å². The van der Waals surface area contributed by atoms with Gasteiger partial charge in [-0.3, -0.25) is 4.79 Å². The normalized spacial score (nSPS) is 11.9. The number of benzene rings is 3. The first-order valence-electron chi connectivity index (χ1n) is 9.79. The first kappa shape index (κ1) is 18.8. The number of ether oxygens (including phenoxy) is 1. The number of nitrogens with one attached hydrogen (secondary N) is 1. The van der Waals surface area contributed by atoms with E-state index in [9.17, 15) is 4.79 Å². The van der Waals surface area contributed by atoms with E-state index in [0.717, 1.165) is 27.8 Å². The van der Waals surface area contributed by atoms with Crippen molar-refractivity contribution >= 4 is 16.8 Å². The molecular formula is C25H24N2O2. The fourth-order valence-electron chi connectivity index (χ4n) is 3.82. The van der Waals surface area contributed by atoms with Gasteiger partial charge in [0.05, 0.1) is 13.2 Å². The molecule has 4 heteroatoms. The van der Waals surface area contributed by atoms with E-state index in [2.05, 4.69) is 17.1 Å². The van der Waals surface area contributed by atoms with Gasteiger partial charge in [0.25, 0.3) is 5.91 Å². The van der Waals surface area contributed by atoms with E-state index in [4.69, 9.17) is 4.74 Å². The number of para-hydroxylation sites is 1. The van der Waals surface area contributed by atoms with Crippen molar-refractivity contribution in [3.8, 4) is 5.75 Å². The van der Waals surface area contributed by atoms with E-state index in [-0.39, 0.29) is 11.9 Å². The molecule has 0 saturated heterocycles. The Morgan fingerprint density at radius 2 is 1.66 bits per heavy atom. The van der Waals surface area contributed by atoms with Crippen LogP contribution < -0.4 is 4.74 Å². The molecule has 0 aliphatic rings. The van der Waals surface area contributed by atoms with Gasteiger partial charge in [0.2, 0.25) is 0 Å². The summed E-state index contributed by atoms with van der Waals surface area (Å²) in [4.78, 5) is 18.7. The highest BCUT2D eigenvalue weighted by Gasteiger charge is 2.28. The van der Waals surface area contributed by atoms with Crippen LogP contribution in [0.1, 0.15) is 34.5 Å². The van der Waals surface area contributed by atoms with Gasteiger partial charge in [-0.15, -0.1) is 0 Å². The average molecular weight is 384 g/mol. The number of carbonyl (C=O) groups is 1. The molecule has 0 saturated carbocycles. The van der Waals surface area contributed by atoms with Crippen molar-refractivity contribution in [2.24, 2.45) is 0 Å². The van der Waals surface area contributed by atoms with Crippen LogP contribution >= 0.6 is 0 Å². The van der Waals surface area contributed by atoms with E-state index >= 15 is 0 Å². The second kappa shape index (κ2) is 8.23. The molecule has 1 aromatic heterocycles. The third kappa shape index (κ3) is 3.61. The highest BCUT2D eigenvalue weighted by Crippen LogP contribution is 2.35. The molecule has 4 nitrogen and oxygen atoms in total. The molecule has 1 atom stereocenters. The number of hydrogen-bond acceptors (Lipinski definition) is 2. The monoisotopic (exact) mass is 384 g/mol. The SMILES string of the molecule is CCN(C(=O)c1ccccc1)C(c1ccc(OC)cc1)c1c[nH]c2ccccc12. The van der Waals surface area contributed by atoms with Crippen LogP contribution in [0.4, 0.5) is 0 Å². The Balaban J connectivity index is 1.85. The lowest BCUT2D eigenvalue weighted by Crippen LogP contribution is -2.35. The maximum absolute atomic E-state index is 13.4. The molecule has 0 aliphatic carbocycles. The van der Waals surface area contributed by atoms with Gasteiger partial charge in [0.15, 0.2) is 0 Å². The number of aromatic nitrogens is 1. The van der Waals surface area contributed by atoms with Crippen molar-refractivity contribution < 1.29 is 9.53 Å². The lowest BCUT2D eigenvalue weighted by Gasteiger charge is -2.31. The summed E-state index contributed by atoms with van der Waals surface area (Å²) in [6.45, 7) is 2.61. The molecule has 146 valence electrons. The van der Waals surface area contributed by atoms with Gasteiger partial charge >= 0.3 is 0 Å². The van der Waals surface area contributed by atoms with E-state index < -0.39 is 0 Å². The Kier molecular flexibility index (Phi) is 5.34. The highest BCUT2D eigenvalue weighted by molar-refractivity contribution is 5.95. The molecule has 4 rings (SSSR count). The number of nitrogens with zero attached hydrogens (tertiary/aromatic N) is 1. The third-order valence-corrected chi connectivity index (χ3v) is 5.28. The fourth-order valence-corrected chi connectivity index (χ4v) is 3.82. The topological polar surface area (TPSA) is 45.3 Å². The summed E-state index contributed by atoms with van der Waals surface area (Å²) < 4.78 is 5.33. The van der Waals surface area contributed by atoms with Crippen LogP contribution in [0.15, 0.2) is 85.1 Å². The van der Waals surface area contributed by atoms with Gasteiger partial charge in [0.1, 0.15) is 5.75 Å². The van der Waals surface area contributed by atoms with E-state index in [1.165, 1.54) is 0 Å². The maximum atomic E-state index is 13.4. The molecule has 1 amide bonds. The van der Waals surface area contributed by atoms with Crippen molar-refractivity contribution in [2.45, 2.75) is 13.0 Å². The van der Waals surface area contributed by atoms with Gasteiger partial charge < -0.3 is 14.6 Å². The molecular weight excluding hydrogens is 360 g/mol. The summed E-state index contributed by atoms with van der Waals surface area (Å²) in [5.74, 6) is 0.808. The van der Waals surface area contributed by atoms with E-state index in [0.29, 0.717) is 12.1 Å². The van der Waals surface area contributed by atoms with Gasteiger partial charge in [-0.25, -0.2) is 0 Å². The first-order valence-corrected chi connectivity index (χ1v) is 9.79. The first-order chi connectivity index (χ1) is 14.2. The van der Waals surface area contributed by atoms with Crippen LogP contribution in [-0.4, -0.2) is 29.4 Å². The molecule has 0 bridgehead atoms. The summed E-state index contributed by atoms with van der Waals surface area (Å²) in [7, 11) is 1.66. The van der Waals surface area contributed by atoms with Crippen molar-refractivity contribution in [3.05, 3.63) is 102 Å². The third-order valence-electron chi connectivity index (χ3n) is 5.28. The smallest absolute Gasteiger partial charge is 0.254 e. The zero-order chi connectivity index (χ0) is 20.2. The van der Waals surface area contributed by atoms with Crippen LogP contribution in [0.2, 0.25) is 0 Å². The second-order valence-corrected chi connectivity index (χ2v) is 6.92. The van der Waals surface area contributed by atoms with Crippen molar-refractivity contribution in [1.29, 1.82) is 0 Å². The molecule has 1 heterocycles. The molecule has 0 fully saturated rings. The summed E-state index contributed by atoms with van der Waals surface area (Å²) in [5.41, 5.74) is 3.87. The Morgan fingerprint density at radius 3 is 2.34 bits per heavy atom. The summed E-state index contributed by atoms with van der Waals surface area (Å²) in [5, 5.41) is 1.12. The zero-order valence-electron chi connectivity index (χ0n) is 16.6. The maximum Gasteiger partial charge on any atom is 0.254 e. The summed E-state index contributed by atoms with van der Waals surface area (Å²) in [6, 6.07) is 25.4. The Labute approximate surface area is 170 Å². The minimum atomic E-state index is -0.213. The summed E-state index contributed by atoms with van der Waals surface area (Å²) >= 11 is 0. The zero-order valence-corrected chi connectivity index (χ0v) is 16.6. The minimum absolute atomic E-state index is 0.0131. The van der Waals surface area contributed by atoms with E-state index in [1.54, 1.807) is 7.11 Å². The quantitative estimate of drug-likeness (QED) is 0.482. The van der Waals surface area contributed by atoms with Crippen LogP contribution in [0.3, 0.4) is 0 Å². The molecule has 3 aromatic carbocycles. The summed E-state index contributed by atoms with van der Waals surface area (Å²) in [6.07, 6.45) is 2.01. The number of aromatic amines is 1. The Morgan fingerprint density at radius 1 is 0.966 bits per heavy atom. The van der Waals surface area contributed by atoms with E-state index in [1.807, 2.05) is 84.8 Å². The molecule has 0 spiro atoms. The standard InChI is InChI=1S/C25H24N2O2/c1-3-27(25(28)19-9-5-4-6-10-19)24(18-13-15-20(29-2)16-14-18)22-17-26-23-12-8-7-11-21(22)23/h4-17,24,26H,3H2,1-2H3. The Hall–Kier alpha value is -3.53. The number of rotatable bonds is 6. The molecule has 29 heavy (non-hydrogen) atoms. The molecule has 0 aliphatic heterocycles. The average Bonchev–Trinajstić information content (AvgIpc) is 3.21. The predicted molar refractivity (Wildman–Crippen MR) is 116 cm³/mol. The van der Waals surface area contributed by atoms with Crippen molar-refractivity contribution in [3.63, 3.8) is 0 Å². The van der Waals surface area contributed by atoms with Crippen molar-refractivity contribution in [2.75, 3.05) is 13.7 Å². The molecule has 4 aromatic rings.